The van der Waals surface area contributed by atoms with Crippen molar-refractivity contribution >= 4 is 5.78 Å². The van der Waals surface area contributed by atoms with E-state index < -0.39 is 5.92 Å². The van der Waals surface area contributed by atoms with E-state index in [1.807, 2.05) is 61.5 Å². The number of aromatic nitrogens is 2. The molecule has 1 unspecified atom stereocenters. The highest BCUT2D eigenvalue weighted by Gasteiger charge is 2.38. The maximum atomic E-state index is 11.6. The predicted molar refractivity (Wildman–Crippen MR) is 122 cm³/mol. The second-order valence-corrected chi connectivity index (χ2v) is 7.81. The first kappa shape index (κ1) is 20.3. The molecule has 4 aromatic rings. The number of benzene rings is 2. The first-order valence-corrected chi connectivity index (χ1v) is 10.4. The lowest BCUT2D eigenvalue weighted by atomic mass is 9.88. The summed E-state index contributed by atoms with van der Waals surface area (Å²) < 4.78 is 13.8. The molecule has 1 atom stereocenters. The highest BCUT2D eigenvalue weighted by Crippen LogP contribution is 2.45. The summed E-state index contributed by atoms with van der Waals surface area (Å²) in [4.78, 5) is 11.6. The smallest absolute Gasteiger partial charge is 0.229 e. The van der Waals surface area contributed by atoms with Crippen molar-refractivity contribution in [1.29, 1.82) is 5.26 Å². The molecule has 7 nitrogen and oxygen atoms in total. The Bertz CT molecular complexity index is 1440. The quantitative estimate of drug-likeness (QED) is 0.458. The lowest BCUT2D eigenvalue weighted by Gasteiger charge is -2.23. The molecule has 0 spiro atoms. The van der Waals surface area contributed by atoms with E-state index in [2.05, 4.69) is 11.2 Å². The van der Waals surface area contributed by atoms with Gasteiger partial charge in [-0.2, -0.15) is 10.4 Å². The Morgan fingerprint density at radius 2 is 1.82 bits per heavy atom. The number of aryl methyl sites for hydroxylation is 1. The summed E-state index contributed by atoms with van der Waals surface area (Å²) in [6.07, 6.45) is 0. The number of ketones is 1. The Kier molecular flexibility index (Phi) is 4.83. The van der Waals surface area contributed by atoms with Gasteiger partial charge in [-0.05, 0) is 38.1 Å². The molecule has 2 N–H and O–H groups in total. The van der Waals surface area contributed by atoms with Gasteiger partial charge >= 0.3 is 0 Å². The van der Waals surface area contributed by atoms with Gasteiger partial charge in [-0.1, -0.05) is 42.5 Å². The van der Waals surface area contributed by atoms with Crippen molar-refractivity contribution in [2.45, 2.75) is 19.8 Å². The lowest BCUT2D eigenvalue weighted by molar-refractivity contribution is 0.101. The van der Waals surface area contributed by atoms with Crippen molar-refractivity contribution in [3.63, 3.8) is 0 Å². The molecule has 7 heteroatoms. The number of ether oxygens (including phenoxy) is 1. The van der Waals surface area contributed by atoms with E-state index in [0.717, 1.165) is 16.8 Å². The zero-order valence-electron chi connectivity index (χ0n) is 18.1. The van der Waals surface area contributed by atoms with Gasteiger partial charge in [0.05, 0.1) is 22.9 Å². The average Bonchev–Trinajstić information content (AvgIpc) is 3.44. The van der Waals surface area contributed by atoms with Crippen LogP contribution in [0, 0.1) is 18.3 Å². The van der Waals surface area contributed by atoms with E-state index in [1.165, 1.54) is 6.92 Å². The van der Waals surface area contributed by atoms with Crippen molar-refractivity contribution in [3.05, 3.63) is 101 Å². The predicted octanol–water partition coefficient (Wildman–Crippen LogP) is 4.86. The monoisotopic (exact) mass is 436 g/mol. The van der Waals surface area contributed by atoms with Crippen LogP contribution in [0.4, 0.5) is 0 Å². The largest absolute Gasteiger partial charge is 0.460 e. The van der Waals surface area contributed by atoms with Crippen LogP contribution in [0.2, 0.25) is 0 Å². The molecule has 2 aromatic carbocycles. The van der Waals surface area contributed by atoms with E-state index >= 15 is 0 Å². The topological polar surface area (TPSA) is 107 Å². The fourth-order valence-electron chi connectivity index (χ4n) is 4.08. The minimum absolute atomic E-state index is 0.00148. The van der Waals surface area contributed by atoms with Gasteiger partial charge in [0.15, 0.2) is 5.78 Å². The molecule has 0 saturated heterocycles. The van der Waals surface area contributed by atoms with E-state index in [0.29, 0.717) is 28.7 Å². The summed E-state index contributed by atoms with van der Waals surface area (Å²) in [7, 11) is 0. The van der Waals surface area contributed by atoms with Gasteiger partial charge < -0.3 is 14.9 Å². The molecule has 0 bridgehead atoms. The van der Waals surface area contributed by atoms with Crippen LogP contribution in [-0.4, -0.2) is 15.6 Å². The number of nitriles is 1. The van der Waals surface area contributed by atoms with Gasteiger partial charge in [0.1, 0.15) is 23.2 Å². The Morgan fingerprint density at radius 3 is 2.48 bits per heavy atom. The second-order valence-electron chi connectivity index (χ2n) is 7.81. The van der Waals surface area contributed by atoms with Crippen LogP contribution in [0.5, 0.6) is 5.88 Å². The highest BCUT2D eigenvalue weighted by molar-refractivity contribution is 5.94. The number of furan rings is 1. The zero-order chi connectivity index (χ0) is 23.1. The maximum Gasteiger partial charge on any atom is 0.229 e. The van der Waals surface area contributed by atoms with Crippen LogP contribution in [0.15, 0.2) is 82.6 Å². The maximum absolute atomic E-state index is 11.6. The third-order valence-electron chi connectivity index (χ3n) is 5.72. The van der Waals surface area contributed by atoms with Crippen molar-refractivity contribution in [2.75, 3.05) is 0 Å². The minimum Gasteiger partial charge on any atom is -0.460 e. The van der Waals surface area contributed by atoms with Crippen molar-refractivity contribution < 1.29 is 13.9 Å². The third-order valence-corrected chi connectivity index (χ3v) is 5.72. The van der Waals surface area contributed by atoms with E-state index in [4.69, 9.17) is 14.9 Å². The Hall–Kier alpha value is -4.57. The van der Waals surface area contributed by atoms with Crippen molar-refractivity contribution in [2.24, 2.45) is 5.73 Å². The van der Waals surface area contributed by atoms with Crippen molar-refractivity contribution in [1.82, 2.24) is 9.78 Å². The van der Waals surface area contributed by atoms with Gasteiger partial charge in [0, 0.05) is 11.1 Å². The molecule has 1 aliphatic rings. The molecule has 5 rings (SSSR count). The number of hydrogen-bond acceptors (Lipinski definition) is 6. The SMILES string of the molecule is CC(=O)c1ccc(-c2ccc(C3C(C#N)=C(N)Oc4c3c(C)nn4-c3ccccc3)o2)cc1. The number of nitrogens with zero attached hydrogens (tertiary/aromatic N) is 3. The molecule has 162 valence electrons. The number of rotatable bonds is 4. The number of fused-ring (bicyclic) bond motifs is 1. The number of Topliss-reactive ketones (excluding diaryl/α,β-unsaturated/α-hetero) is 1. The fraction of sp³-hybridized carbons (Fsp3) is 0.115. The molecule has 33 heavy (non-hydrogen) atoms. The second kappa shape index (κ2) is 7.84. The van der Waals surface area contributed by atoms with E-state index in [-0.39, 0.29) is 17.2 Å². The normalized spacial score (nSPS) is 15.0. The summed E-state index contributed by atoms with van der Waals surface area (Å²) in [6, 6.07) is 22.6. The number of para-hydroxylation sites is 1. The van der Waals surface area contributed by atoms with Crippen LogP contribution in [0.3, 0.4) is 0 Å². The molecule has 0 saturated carbocycles. The van der Waals surface area contributed by atoms with Crippen LogP contribution >= 0.6 is 0 Å². The average molecular weight is 436 g/mol. The molecule has 0 aliphatic carbocycles. The zero-order valence-corrected chi connectivity index (χ0v) is 18.1. The summed E-state index contributed by atoms with van der Waals surface area (Å²) >= 11 is 0. The number of allylic oxidation sites excluding steroid dienone is 1. The van der Waals surface area contributed by atoms with Crippen LogP contribution < -0.4 is 10.5 Å². The molecule has 3 heterocycles. The standard InChI is InChI=1S/C26H20N4O3/c1-15-23-24(22-13-12-21(32-22)18-10-8-17(9-11-18)16(2)31)20(14-27)25(28)33-26(23)30(29-15)19-6-4-3-5-7-19/h3-13,24H,28H2,1-2H3. The molecule has 0 amide bonds. The summed E-state index contributed by atoms with van der Waals surface area (Å²) in [6.45, 7) is 3.40. The number of nitrogens with two attached hydrogens (primary N) is 1. The minimum atomic E-state index is -0.554. The summed E-state index contributed by atoms with van der Waals surface area (Å²) in [5, 5.41) is 14.5. The first-order valence-electron chi connectivity index (χ1n) is 10.4. The molecule has 0 radical (unpaired) electrons. The van der Waals surface area contributed by atoms with Gasteiger partial charge in [-0.3, -0.25) is 4.79 Å². The van der Waals surface area contributed by atoms with E-state index in [1.54, 1.807) is 16.8 Å². The molecule has 1 aliphatic heterocycles. The fourth-order valence-corrected chi connectivity index (χ4v) is 4.08. The number of hydrogen-bond donors (Lipinski definition) is 1. The summed E-state index contributed by atoms with van der Waals surface area (Å²) in [5.74, 6) is 1.11. The summed E-state index contributed by atoms with van der Waals surface area (Å²) in [5.41, 5.74) is 10.2. The van der Waals surface area contributed by atoms with Crippen molar-refractivity contribution in [3.8, 4) is 29.0 Å². The van der Waals surface area contributed by atoms with Gasteiger partial charge in [-0.25, -0.2) is 4.68 Å². The van der Waals surface area contributed by atoms with Gasteiger partial charge in [0.2, 0.25) is 11.8 Å². The van der Waals surface area contributed by atoms with E-state index in [9.17, 15) is 10.1 Å². The Balaban J connectivity index is 1.61. The third kappa shape index (κ3) is 3.38. The number of carbonyl (C=O) groups excluding carboxylic acids is 1. The van der Waals surface area contributed by atoms with Crippen LogP contribution in [0.25, 0.3) is 17.0 Å². The van der Waals surface area contributed by atoms with Gasteiger partial charge in [0.25, 0.3) is 0 Å². The number of carbonyl (C=O) groups is 1. The van der Waals surface area contributed by atoms with Crippen LogP contribution in [-0.2, 0) is 0 Å². The molecule has 2 aromatic heterocycles. The lowest BCUT2D eigenvalue weighted by Crippen LogP contribution is -2.21. The molecular weight excluding hydrogens is 416 g/mol. The first-order chi connectivity index (χ1) is 16.0. The van der Waals surface area contributed by atoms with Crippen LogP contribution in [0.1, 0.15) is 40.2 Å². The molecule has 0 fully saturated rings. The Morgan fingerprint density at radius 1 is 1.09 bits per heavy atom. The van der Waals surface area contributed by atoms with Gasteiger partial charge in [-0.15, -0.1) is 0 Å². The molecular formula is C26H20N4O3. The highest BCUT2D eigenvalue weighted by atomic mass is 16.5. The Labute approximate surface area is 190 Å².